The van der Waals surface area contributed by atoms with Gasteiger partial charge in [0.15, 0.2) is 17.3 Å². The lowest BCUT2D eigenvalue weighted by atomic mass is 10.1. The van der Waals surface area contributed by atoms with Crippen LogP contribution in [-0.2, 0) is 4.79 Å². The number of hydrogen-bond donors (Lipinski definition) is 3. The molecule has 40 heavy (non-hydrogen) atoms. The van der Waals surface area contributed by atoms with Crippen LogP contribution in [0.2, 0.25) is 0 Å². The third kappa shape index (κ3) is 4.34. The Morgan fingerprint density at radius 3 is 2.65 bits per heavy atom. The van der Waals surface area contributed by atoms with E-state index >= 15 is 0 Å². The molecule has 0 saturated heterocycles. The maximum Gasteiger partial charge on any atom is 0.227 e. The fourth-order valence-corrected chi connectivity index (χ4v) is 6.09. The molecule has 1 aliphatic rings. The molecule has 0 spiro atoms. The number of nitrogens with zero attached hydrogens (tertiary/aromatic N) is 5. The molecule has 7 rings (SSSR count). The Hall–Kier alpha value is -4.77. The van der Waals surface area contributed by atoms with Crippen molar-refractivity contribution in [3.8, 4) is 33.3 Å². The van der Waals surface area contributed by atoms with Crippen molar-refractivity contribution in [3.05, 3.63) is 59.9 Å². The largest absolute Gasteiger partial charge is 0.336 e. The number of carbonyl (C=O) groups excluding carboxylic acids is 2. The lowest BCUT2D eigenvalue weighted by Gasteiger charge is -2.11. The van der Waals surface area contributed by atoms with E-state index in [1.807, 2.05) is 36.4 Å². The number of H-pyrrole nitrogens is 2. The van der Waals surface area contributed by atoms with Gasteiger partial charge in [-0.15, -0.1) is 11.3 Å². The van der Waals surface area contributed by atoms with E-state index in [0.717, 1.165) is 47.2 Å². The Morgan fingerprint density at radius 1 is 0.975 bits per heavy atom. The van der Waals surface area contributed by atoms with E-state index in [4.69, 9.17) is 9.97 Å². The molecule has 1 saturated carbocycles. The molecule has 1 aliphatic carbocycles. The van der Waals surface area contributed by atoms with Crippen LogP contribution in [0.15, 0.2) is 55.0 Å². The second kappa shape index (κ2) is 9.76. The fourth-order valence-electron chi connectivity index (χ4n) is 5.19. The van der Waals surface area contributed by atoms with Gasteiger partial charge in [0.2, 0.25) is 5.91 Å². The number of aromatic amines is 2. The highest BCUT2D eigenvalue weighted by atomic mass is 32.1. The van der Waals surface area contributed by atoms with Crippen LogP contribution >= 0.6 is 11.3 Å². The second-order valence-corrected chi connectivity index (χ2v) is 11.0. The number of imidazole rings is 1. The number of carbonyl (C=O) groups is 2. The first-order valence-corrected chi connectivity index (χ1v) is 13.9. The van der Waals surface area contributed by atoms with E-state index in [-0.39, 0.29) is 17.6 Å². The molecule has 6 aromatic heterocycles. The first-order chi connectivity index (χ1) is 19.5. The molecule has 11 heteroatoms. The van der Waals surface area contributed by atoms with Crippen molar-refractivity contribution in [2.45, 2.75) is 32.6 Å². The van der Waals surface area contributed by atoms with Crippen molar-refractivity contribution >= 4 is 50.8 Å². The molecular formula is C29H24N8O2S. The molecule has 10 nitrogen and oxygen atoms in total. The average Bonchev–Trinajstić information content (AvgIpc) is 3.78. The van der Waals surface area contributed by atoms with Gasteiger partial charge in [-0.05, 0) is 56.2 Å². The van der Waals surface area contributed by atoms with Gasteiger partial charge in [0, 0.05) is 23.9 Å². The van der Waals surface area contributed by atoms with E-state index in [1.165, 1.54) is 11.3 Å². The maximum absolute atomic E-state index is 12.6. The lowest BCUT2D eigenvalue weighted by Crippen LogP contribution is -2.20. The minimum Gasteiger partial charge on any atom is -0.336 e. The number of rotatable bonds is 6. The van der Waals surface area contributed by atoms with Crippen molar-refractivity contribution < 1.29 is 9.59 Å². The Labute approximate surface area is 232 Å². The molecule has 6 aromatic rings. The van der Waals surface area contributed by atoms with E-state index < -0.39 is 0 Å². The number of aromatic nitrogens is 7. The first kappa shape index (κ1) is 24.3. The van der Waals surface area contributed by atoms with Gasteiger partial charge < -0.3 is 10.3 Å². The number of hydrogen-bond acceptors (Lipinski definition) is 8. The summed E-state index contributed by atoms with van der Waals surface area (Å²) >= 11 is 1.40. The number of thiophene rings is 1. The summed E-state index contributed by atoms with van der Waals surface area (Å²) in [4.78, 5) is 48.0. The van der Waals surface area contributed by atoms with Crippen molar-refractivity contribution in [1.29, 1.82) is 0 Å². The predicted octanol–water partition coefficient (Wildman–Crippen LogP) is 6.02. The molecule has 0 atom stereocenters. The molecular weight excluding hydrogens is 524 g/mol. The van der Waals surface area contributed by atoms with Crippen molar-refractivity contribution in [2.24, 2.45) is 5.92 Å². The molecule has 0 radical (unpaired) electrons. The average molecular weight is 549 g/mol. The van der Waals surface area contributed by atoms with Crippen LogP contribution in [-0.4, -0.2) is 46.8 Å². The quantitative estimate of drug-likeness (QED) is 0.216. The molecule has 1 fully saturated rings. The van der Waals surface area contributed by atoms with Gasteiger partial charge >= 0.3 is 0 Å². The van der Waals surface area contributed by atoms with Crippen LogP contribution in [0.1, 0.15) is 42.3 Å². The topological polar surface area (TPSA) is 142 Å². The van der Waals surface area contributed by atoms with Gasteiger partial charge in [-0.1, -0.05) is 12.8 Å². The summed E-state index contributed by atoms with van der Waals surface area (Å²) in [5.74, 6) is 0.699. The normalized spacial score (nSPS) is 13.8. The molecule has 3 N–H and O–H groups in total. The number of nitrogens with one attached hydrogen (secondary N) is 3. The van der Waals surface area contributed by atoms with E-state index in [0.29, 0.717) is 44.5 Å². The van der Waals surface area contributed by atoms with Crippen LogP contribution in [0.5, 0.6) is 0 Å². The third-order valence-electron chi connectivity index (χ3n) is 7.25. The van der Waals surface area contributed by atoms with Crippen LogP contribution in [0.3, 0.4) is 0 Å². The number of pyridine rings is 3. The molecule has 0 aromatic carbocycles. The number of amides is 1. The zero-order chi connectivity index (χ0) is 27.2. The molecule has 0 aliphatic heterocycles. The van der Waals surface area contributed by atoms with E-state index in [1.54, 1.807) is 25.5 Å². The summed E-state index contributed by atoms with van der Waals surface area (Å²) in [5, 5.41) is 10.6. The smallest absolute Gasteiger partial charge is 0.227 e. The summed E-state index contributed by atoms with van der Waals surface area (Å²) in [5.41, 5.74) is 6.34. The molecule has 0 bridgehead atoms. The van der Waals surface area contributed by atoms with E-state index in [9.17, 15) is 9.59 Å². The minimum absolute atomic E-state index is 0.0212. The Balaban J connectivity index is 1.24. The van der Waals surface area contributed by atoms with Crippen LogP contribution in [0.4, 0.5) is 5.69 Å². The Kier molecular flexibility index (Phi) is 5.93. The minimum atomic E-state index is 0.0212. The summed E-state index contributed by atoms with van der Waals surface area (Å²) in [6, 6.07) is 11.3. The number of Topliss-reactive ketones (excluding diaryl/α,β-unsaturated/α-hetero) is 1. The van der Waals surface area contributed by atoms with Gasteiger partial charge in [-0.25, -0.2) is 9.97 Å². The zero-order valence-corrected chi connectivity index (χ0v) is 22.4. The standard InChI is InChI=1S/C29H24N8O2S/c1-15(38)22-8-9-23(40-22)26-24-20(10-11-31-26)34-28(35-24)27-25-21(36-37-27)7-6-19(33-25)17-12-18(14-30-13-17)32-29(39)16-4-2-3-5-16/h6-14,16H,2-5H2,1H3,(H,32,39)(H,34,35)(H,36,37). The van der Waals surface area contributed by atoms with Gasteiger partial charge in [-0.2, -0.15) is 5.10 Å². The second-order valence-electron chi connectivity index (χ2n) is 9.96. The third-order valence-corrected chi connectivity index (χ3v) is 8.44. The monoisotopic (exact) mass is 548 g/mol. The Bertz CT molecular complexity index is 1910. The van der Waals surface area contributed by atoms with Gasteiger partial charge in [-0.3, -0.25) is 24.7 Å². The highest BCUT2D eigenvalue weighted by molar-refractivity contribution is 7.17. The number of fused-ring (bicyclic) bond motifs is 2. The summed E-state index contributed by atoms with van der Waals surface area (Å²) in [7, 11) is 0. The maximum atomic E-state index is 12.6. The predicted molar refractivity (Wildman–Crippen MR) is 154 cm³/mol. The molecule has 6 heterocycles. The lowest BCUT2D eigenvalue weighted by molar-refractivity contribution is -0.119. The molecule has 0 unspecified atom stereocenters. The van der Waals surface area contributed by atoms with Crippen molar-refractivity contribution in [3.63, 3.8) is 0 Å². The molecule has 1 amide bonds. The van der Waals surface area contributed by atoms with Crippen molar-refractivity contribution in [1.82, 2.24) is 35.1 Å². The van der Waals surface area contributed by atoms with Crippen LogP contribution < -0.4 is 5.32 Å². The SMILES string of the molecule is CC(=O)c1ccc(-c2nccc3[nH]c(-c4n[nH]c5ccc(-c6cncc(NC(=O)C7CCCC7)c6)nc45)nc23)s1. The highest BCUT2D eigenvalue weighted by Gasteiger charge is 2.23. The van der Waals surface area contributed by atoms with Gasteiger partial charge in [0.05, 0.1) is 38.4 Å². The summed E-state index contributed by atoms with van der Waals surface area (Å²) in [6.45, 7) is 1.55. The van der Waals surface area contributed by atoms with Crippen molar-refractivity contribution in [2.75, 3.05) is 5.32 Å². The highest BCUT2D eigenvalue weighted by Crippen LogP contribution is 2.34. The Morgan fingerprint density at radius 2 is 1.82 bits per heavy atom. The number of ketones is 1. The van der Waals surface area contributed by atoms with Gasteiger partial charge in [0.25, 0.3) is 0 Å². The molecule has 198 valence electrons. The number of anilines is 1. The van der Waals surface area contributed by atoms with Gasteiger partial charge in [0.1, 0.15) is 16.7 Å². The fraction of sp³-hybridized carbons (Fsp3) is 0.207. The zero-order valence-electron chi connectivity index (χ0n) is 21.6. The van der Waals surface area contributed by atoms with Crippen LogP contribution in [0, 0.1) is 5.92 Å². The summed E-state index contributed by atoms with van der Waals surface area (Å²) < 4.78 is 0. The van der Waals surface area contributed by atoms with Crippen LogP contribution in [0.25, 0.3) is 55.4 Å². The summed E-state index contributed by atoms with van der Waals surface area (Å²) in [6.07, 6.45) is 9.19. The first-order valence-electron chi connectivity index (χ1n) is 13.1. The van der Waals surface area contributed by atoms with E-state index in [2.05, 4.69) is 30.5 Å².